The van der Waals surface area contributed by atoms with Gasteiger partial charge in [0.05, 0.1) is 11.7 Å². The van der Waals surface area contributed by atoms with E-state index in [-0.39, 0.29) is 34.6 Å². The molecule has 4 aliphatic rings. The van der Waals surface area contributed by atoms with E-state index >= 15 is 0 Å². The molecule has 0 saturated heterocycles. The van der Waals surface area contributed by atoms with Crippen LogP contribution in [0.2, 0.25) is 0 Å². The zero-order valence-electron chi connectivity index (χ0n) is 16.2. The van der Waals surface area contributed by atoms with Crippen LogP contribution in [0.4, 0.5) is 0 Å². The number of carbonyl (C=O) groups is 1. The van der Waals surface area contributed by atoms with Gasteiger partial charge in [0.15, 0.2) is 5.78 Å². The van der Waals surface area contributed by atoms with E-state index in [1.807, 2.05) is 13.0 Å². The number of fused-ring (bicyclic) bond motifs is 5. The highest BCUT2D eigenvalue weighted by molar-refractivity contribution is 5.93. The smallest absolute Gasteiger partial charge is 0.158 e. The van der Waals surface area contributed by atoms with Crippen molar-refractivity contribution in [1.82, 2.24) is 0 Å². The highest BCUT2D eigenvalue weighted by atomic mass is 16.3. The number of aliphatic hydroxyl groups is 2. The van der Waals surface area contributed by atoms with Crippen molar-refractivity contribution < 1.29 is 15.0 Å². The van der Waals surface area contributed by atoms with Crippen molar-refractivity contribution >= 4 is 5.78 Å². The lowest BCUT2D eigenvalue weighted by molar-refractivity contribution is -0.173. The lowest BCUT2D eigenvalue weighted by atomic mass is 9.45. The minimum absolute atomic E-state index is 0.0517. The molecule has 140 valence electrons. The van der Waals surface area contributed by atoms with Gasteiger partial charge in [-0.3, -0.25) is 4.79 Å². The summed E-state index contributed by atoms with van der Waals surface area (Å²) < 4.78 is 0. The fraction of sp³-hybridized carbons (Fsp3) is 0.864. The molecule has 2 N–H and O–H groups in total. The lowest BCUT2D eigenvalue weighted by Crippen LogP contribution is -2.60. The highest BCUT2D eigenvalue weighted by Crippen LogP contribution is 2.68. The molecule has 3 saturated carbocycles. The molecular weight excluding hydrogens is 312 g/mol. The summed E-state index contributed by atoms with van der Waals surface area (Å²) >= 11 is 0. The van der Waals surface area contributed by atoms with E-state index in [9.17, 15) is 15.0 Å². The van der Waals surface area contributed by atoms with E-state index in [1.54, 1.807) is 0 Å². The van der Waals surface area contributed by atoms with Crippen molar-refractivity contribution in [1.29, 1.82) is 0 Å². The Hall–Kier alpha value is -0.670. The van der Waals surface area contributed by atoms with Crippen LogP contribution >= 0.6 is 0 Å². The van der Waals surface area contributed by atoms with Crippen LogP contribution in [-0.2, 0) is 4.79 Å². The third kappa shape index (κ3) is 2.15. The van der Waals surface area contributed by atoms with E-state index in [0.717, 1.165) is 38.5 Å². The molecule has 3 nitrogen and oxygen atoms in total. The first-order valence-electron chi connectivity index (χ1n) is 10.3. The summed E-state index contributed by atoms with van der Waals surface area (Å²) in [6.45, 7) is 8.65. The topological polar surface area (TPSA) is 57.5 Å². The summed E-state index contributed by atoms with van der Waals surface area (Å²) in [5, 5.41) is 22.5. The van der Waals surface area contributed by atoms with Crippen molar-refractivity contribution in [2.75, 3.05) is 0 Å². The standard InChI is InChI=1S/C22H34O3/c1-5-22(25)9-8-16-15-7-6-14-10-17(23)13(2)11-20(14,3)19(15)18(24)12-21(16,22)4/h10,13,15-16,18-19,24-25H,5-9,11-12H2,1-4H3/t13?,15-,16-,18+,19+,20-,21-,22+/m0/s1. The highest BCUT2D eigenvalue weighted by Gasteiger charge is 2.65. The Balaban J connectivity index is 1.75. The van der Waals surface area contributed by atoms with Gasteiger partial charge < -0.3 is 10.2 Å². The number of carbonyl (C=O) groups excluding carboxylic acids is 1. The van der Waals surface area contributed by atoms with Gasteiger partial charge in [0.2, 0.25) is 0 Å². The second-order valence-electron chi connectivity index (χ2n) is 10.0. The maximum atomic E-state index is 12.2. The van der Waals surface area contributed by atoms with Gasteiger partial charge in [0.1, 0.15) is 0 Å². The van der Waals surface area contributed by atoms with Crippen molar-refractivity contribution in [3.8, 4) is 0 Å². The van der Waals surface area contributed by atoms with Crippen LogP contribution in [0.5, 0.6) is 0 Å². The third-order valence-corrected chi connectivity index (χ3v) is 9.11. The molecule has 0 spiro atoms. The number of hydrogen-bond donors (Lipinski definition) is 2. The third-order valence-electron chi connectivity index (χ3n) is 9.11. The number of allylic oxidation sites excluding steroid dienone is 1. The van der Waals surface area contributed by atoms with Gasteiger partial charge >= 0.3 is 0 Å². The van der Waals surface area contributed by atoms with Gasteiger partial charge in [-0.15, -0.1) is 0 Å². The summed E-state index contributed by atoms with van der Waals surface area (Å²) in [6.07, 6.45) is 7.88. The second kappa shape index (κ2) is 5.42. The largest absolute Gasteiger partial charge is 0.393 e. The van der Waals surface area contributed by atoms with E-state index in [2.05, 4.69) is 20.8 Å². The van der Waals surface area contributed by atoms with Crippen molar-refractivity contribution in [3.05, 3.63) is 11.6 Å². The van der Waals surface area contributed by atoms with Crippen LogP contribution in [0.25, 0.3) is 0 Å². The predicted molar refractivity (Wildman–Crippen MR) is 97.9 cm³/mol. The summed E-state index contributed by atoms with van der Waals surface area (Å²) in [6, 6.07) is 0. The van der Waals surface area contributed by atoms with Crippen molar-refractivity contribution in [2.45, 2.75) is 84.3 Å². The monoisotopic (exact) mass is 346 g/mol. The average Bonchev–Trinajstić information content (AvgIpc) is 2.80. The fourth-order valence-corrected chi connectivity index (χ4v) is 7.70. The molecule has 3 heteroatoms. The zero-order chi connectivity index (χ0) is 18.2. The van der Waals surface area contributed by atoms with Crippen molar-refractivity contribution in [3.63, 3.8) is 0 Å². The molecule has 0 aliphatic heterocycles. The summed E-state index contributed by atoms with van der Waals surface area (Å²) in [7, 11) is 0. The van der Waals surface area contributed by atoms with Gasteiger partial charge in [-0.25, -0.2) is 0 Å². The first kappa shape index (κ1) is 17.7. The lowest BCUT2D eigenvalue weighted by Gasteiger charge is -2.61. The van der Waals surface area contributed by atoms with Gasteiger partial charge in [0.25, 0.3) is 0 Å². The molecule has 0 radical (unpaired) electrons. The molecule has 25 heavy (non-hydrogen) atoms. The second-order valence-corrected chi connectivity index (χ2v) is 10.0. The van der Waals surface area contributed by atoms with E-state index < -0.39 is 5.60 Å². The molecule has 4 rings (SSSR count). The van der Waals surface area contributed by atoms with Crippen LogP contribution < -0.4 is 0 Å². The summed E-state index contributed by atoms with van der Waals surface area (Å²) in [5.74, 6) is 1.53. The SMILES string of the molecule is CC[C@@]1(O)CC[C@H]2[C@@H]3CCC4=CC(=O)C(C)C[C@]4(C)[C@H]3[C@H](O)C[C@@]21C. The summed E-state index contributed by atoms with van der Waals surface area (Å²) in [4.78, 5) is 12.2. The Labute approximate surface area is 151 Å². The van der Waals surface area contributed by atoms with Gasteiger partial charge in [0, 0.05) is 11.3 Å². The molecule has 0 aromatic heterocycles. The Morgan fingerprint density at radius 2 is 1.96 bits per heavy atom. The molecule has 0 heterocycles. The first-order chi connectivity index (χ1) is 11.7. The van der Waals surface area contributed by atoms with Crippen LogP contribution in [0.15, 0.2) is 11.6 Å². The fourth-order valence-electron chi connectivity index (χ4n) is 7.70. The molecule has 0 amide bonds. The Morgan fingerprint density at radius 3 is 2.64 bits per heavy atom. The van der Waals surface area contributed by atoms with Gasteiger partial charge in [-0.05, 0) is 74.2 Å². The minimum Gasteiger partial charge on any atom is -0.393 e. The van der Waals surface area contributed by atoms with Crippen LogP contribution in [0.3, 0.4) is 0 Å². The van der Waals surface area contributed by atoms with E-state index in [4.69, 9.17) is 0 Å². The number of ketones is 1. The van der Waals surface area contributed by atoms with E-state index in [1.165, 1.54) is 5.57 Å². The van der Waals surface area contributed by atoms with Gasteiger partial charge in [-0.2, -0.15) is 0 Å². The molecule has 0 aromatic rings. The maximum absolute atomic E-state index is 12.2. The number of hydrogen-bond acceptors (Lipinski definition) is 3. The number of aliphatic hydroxyl groups excluding tert-OH is 1. The van der Waals surface area contributed by atoms with Crippen molar-refractivity contribution in [2.24, 2.45) is 34.5 Å². The maximum Gasteiger partial charge on any atom is 0.158 e. The molecule has 8 atom stereocenters. The minimum atomic E-state index is -0.629. The Kier molecular flexibility index (Phi) is 3.84. The van der Waals surface area contributed by atoms with Crippen LogP contribution in [0, 0.1) is 34.5 Å². The van der Waals surface area contributed by atoms with Crippen LogP contribution in [0.1, 0.15) is 72.6 Å². The molecule has 3 fully saturated rings. The van der Waals surface area contributed by atoms with E-state index in [0.29, 0.717) is 18.3 Å². The van der Waals surface area contributed by atoms with Crippen LogP contribution in [-0.4, -0.2) is 27.7 Å². The quantitative estimate of drug-likeness (QED) is 0.757. The number of rotatable bonds is 1. The molecule has 4 aliphatic carbocycles. The molecule has 1 unspecified atom stereocenters. The zero-order valence-corrected chi connectivity index (χ0v) is 16.2. The summed E-state index contributed by atoms with van der Waals surface area (Å²) in [5.41, 5.74) is 0.430. The Morgan fingerprint density at radius 1 is 1.24 bits per heavy atom. The predicted octanol–water partition coefficient (Wildman–Crippen LogP) is 3.88. The van der Waals surface area contributed by atoms with Gasteiger partial charge in [-0.1, -0.05) is 33.3 Å². The molecule has 0 aromatic carbocycles. The first-order valence-corrected chi connectivity index (χ1v) is 10.3. The normalized spacial score (nSPS) is 55.2. The Bertz CT molecular complexity index is 625. The molecule has 0 bridgehead atoms. The molecular formula is C22H34O3. The average molecular weight is 347 g/mol.